The maximum Gasteiger partial charge on any atom is 0.387 e. The highest BCUT2D eigenvalue weighted by atomic mass is 19.3. The first kappa shape index (κ1) is 20.8. The number of halogens is 2. The van der Waals surface area contributed by atoms with E-state index in [1.165, 1.54) is 25.3 Å². The molecule has 156 valence electrons. The van der Waals surface area contributed by atoms with Crippen LogP contribution in [0.25, 0.3) is 0 Å². The van der Waals surface area contributed by atoms with E-state index in [1.807, 2.05) is 12.1 Å². The van der Waals surface area contributed by atoms with Crippen molar-refractivity contribution in [3.05, 3.63) is 47.7 Å². The molecule has 0 unspecified atom stereocenters. The molecule has 1 amide bonds. The first-order valence-electron chi connectivity index (χ1n) is 9.25. The van der Waals surface area contributed by atoms with Crippen molar-refractivity contribution >= 4 is 11.7 Å². The van der Waals surface area contributed by atoms with Gasteiger partial charge in [0.05, 0.1) is 7.11 Å². The lowest BCUT2D eigenvalue weighted by molar-refractivity contribution is -0.0512. The van der Waals surface area contributed by atoms with Crippen LogP contribution in [0.3, 0.4) is 0 Å². The number of likely N-dealkylation sites (N-methyl/N-ethyl adjacent to an activating group) is 1. The Morgan fingerprint density at radius 2 is 1.93 bits per heavy atom. The predicted molar refractivity (Wildman–Crippen MR) is 105 cm³/mol. The maximum absolute atomic E-state index is 12.4. The van der Waals surface area contributed by atoms with Gasteiger partial charge in [-0.05, 0) is 36.9 Å². The number of carbonyl (C=O) groups excluding carboxylic acids is 1. The number of rotatable bonds is 7. The number of hydrogen-bond acceptors (Lipinski definition) is 6. The van der Waals surface area contributed by atoms with Crippen molar-refractivity contribution in [3.63, 3.8) is 0 Å². The van der Waals surface area contributed by atoms with Crippen molar-refractivity contribution in [3.8, 4) is 11.5 Å². The second-order valence-electron chi connectivity index (χ2n) is 6.74. The number of nitrogens with zero attached hydrogens (tertiary/aromatic N) is 3. The van der Waals surface area contributed by atoms with Crippen molar-refractivity contribution in [2.45, 2.75) is 13.2 Å². The molecule has 0 radical (unpaired) electrons. The van der Waals surface area contributed by atoms with Gasteiger partial charge in [0.15, 0.2) is 11.5 Å². The van der Waals surface area contributed by atoms with Gasteiger partial charge in [0, 0.05) is 44.5 Å². The van der Waals surface area contributed by atoms with E-state index in [-0.39, 0.29) is 23.0 Å². The van der Waals surface area contributed by atoms with E-state index in [1.54, 1.807) is 6.20 Å². The number of hydrogen-bond donors (Lipinski definition) is 1. The number of nitrogens with one attached hydrogen (secondary N) is 1. The molecule has 0 spiro atoms. The van der Waals surface area contributed by atoms with E-state index < -0.39 is 6.61 Å². The van der Waals surface area contributed by atoms with Gasteiger partial charge in [0.2, 0.25) is 0 Å². The molecule has 1 saturated heterocycles. The van der Waals surface area contributed by atoms with Gasteiger partial charge >= 0.3 is 6.61 Å². The lowest BCUT2D eigenvalue weighted by Gasteiger charge is -2.33. The molecule has 1 N–H and O–H groups in total. The minimum Gasteiger partial charge on any atom is -0.493 e. The van der Waals surface area contributed by atoms with Crippen molar-refractivity contribution < 1.29 is 23.0 Å². The standard InChI is InChI=1S/C20H24F2N4O3/c1-25-7-9-26(10-8-25)18-6-3-14(12-23-18)13-24-19(27)15-4-5-16(29-20(21)22)17(11-15)28-2/h3-6,11-12,20H,7-10,13H2,1-2H3,(H,24,27). The second-order valence-corrected chi connectivity index (χ2v) is 6.74. The molecule has 29 heavy (non-hydrogen) atoms. The third-order valence-corrected chi connectivity index (χ3v) is 4.73. The average Bonchev–Trinajstić information content (AvgIpc) is 2.73. The molecular formula is C20H24F2N4O3. The summed E-state index contributed by atoms with van der Waals surface area (Å²) in [6.45, 7) is 1.21. The van der Waals surface area contributed by atoms with E-state index in [0.29, 0.717) is 6.54 Å². The normalized spacial score (nSPS) is 14.7. The zero-order valence-corrected chi connectivity index (χ0v) is 16.4. The van der Waals surface area contributed by atoms with Gasteiger partial charge in [0.25, 0.3) is 5.91 Å². The van der Waals surface area contributed by atoms with Gasteiger partial charge in [-0.25, -0.2) is 4.98 Å². The second kappa shape index (κ2) is 9.51. The number of alkyl halides is 2. The van der Waals surface area contributed by atoms with Crippen molar-refractivity contribution in [2.24, 2.45) is 0 Å². The van der Waals surface area contributed by atoms with Gasteiger partial charge < -0.3 is 24.6 Å². The summed E-state index contributed by atoms with van der Waals surface area (Å²) in [6, 6.07) is 7.94. The number of methoxy groups -OCH3 is 1. The zero-order valence-electron chi connectivity index (χ0n) is 16.4. The highest BCUT2D eigenvalue weighted by Crippen LogP contribution is 2.29. The number of pyridine rings is 1. The van der Waals surface area contributed by atoms with E-state index in [4.69, 9.17) is 4.74 Å². The minimum atomic E-state index is -2.97. The van der Waals surface area contributed by atoms with Crippen LogP contribution in [0, 0.1) is 0 Å². The lowest BCUT2D eigenvalue weighted by atomic mass is 10.2. The number of carbonyl (C=O) groups is 1. The smallest absolute Gasteiger partial charge is 0.387 e. The average molecular weight is 406 g/mol. The van der Waals surface area contributed by atoms with Gasteiger partial charge in [-0.3, -0.25) is 4.79 Å². The Morgan fingerprint density at radius 3 is 2.55 bits per heavy atom. The molecular weight excluding hydrogens is 382 g/mol. The van der Waals surface area contributed by atoms with Crippen LogP contribution in [-0.4, -0.2) is 62.7 Å². The van der Waals surface area contributed by atoms with Crippen LogP contribution in [0.15, 0.2) is 36.5 Å². The highest BCUT2D eigenvalue weighted by molar-refractivity contribution is 5.94. The topological polar surface area (TPSA) is 66.9 Å². The van der Waals surface area contributed by atoms with Gasteiger partial charge in [-0.15, -0.1) is 0 Å². The largest absolute Gasteiger partial charge is 0.493 e. The van der Waals surface area contributed by atoms with Gasteiger partial charge in [0.1, 0.15) is 5.82 Å². The predicted octanol–water partition coefficient (Wildman–Crippen LogP) is 2.37. The Balaban J connectivity index is 1.57. The van der Waals surface area contributed by atoms with Crippen LogP contribution >= 0.6 is 0 Å². The van der Waals surface area contributed by atoms with Crippen molar-refractivity contribution in [2.75, 3.05) is 45.2 Å². The summed E-state index contributed by atoms with van der Waals surface area (Å²) < 4.78 is 34.2. The number of anilines is 1. The fraction of sp³-hybridized carbons (Fsp3) is 0.400. The van der Waals surface area contributed by atoms with Crippen LogP contribution in [0.4, 0.5) is 14.6 Å². The quantitative estimate of drug-likeness (QED) is 0.762. The fourth-order valence-corrected chi connectivity index (χ4v) is 3.03. The Kier molecular flexibility index (Phi) is 6.82. The molecule has 2 aromatic rings. The van der Waals surface area contributed by atoms with Gasteiger partial charge in [-0.1, -0.05) is 6.07 Å². The number of amides is 1. The summed E-state index contributed by atoms with van der Waals surface area (Å²) in [4.78, 5) is 21.4. The van der Waals surface area contributed by atoms with Crippen molar-refractivity contribution in [1.82, 2.24) is 15.2 Å². The number of benzene rings is 1. The third kappa shape index (κ3) is 5.54. The SMILES string of the molecule is COc1cc(C(=O)NCc2ccc(N3CCN(C)CC3)nc2)ccc1OC(F)F. The summed E-state index contributed by atoms with van der Waals surface area (Å²) in [6.07, 6.45) is 1.74. The number of ether oxygens (including phenoxy) is 2. The lowest BCUT2D eigenvalue weighted by Crippen LogP contribution is -2.44. The fourth-order valence-electron chi connectivity index (χ4n) is 3.03. The highest BCUT2D eigenvalue weighted by Gasteiger charge is 2.16. The molecule has 3 rings (SSSR count). The molecule has 0 saturated carbocycles. The van der Waals surface area contributed by atoms with Crippen LogP contribution < -0.4 is 19.7 Å². The Bertz CT molecular complexity index is 825. The monoisotopic (exact) mass is 406 g/mol. The molecule has 7 nitrogen and oxygen atoms in total. The summed E-state index contributed by atoms with van der Waals surface area (Å²) in [5.41, 5.74) is 1.14. The molecule has 2 heterocycles. The summed E-state index contributed by atoms with van der Waals surface area (Å²) in [5.74, 6) is 0.515. The number of piperazine rings is 1. The first-order valence-corrected chi connectivity index (χ1v) is 9.25. The maximum atomic E-state index is 12.4. The van der Waals surface area contributed by atoms with E-state index in [9.17, 15) is 13.6 Å². The van der Waals surface area contributed by atoms with E-state index in [0.717, 1.165) is 37.6 Å². The molecule has 1 aromatic carbocycles. The number of aromatic nitrogens is 1. The summed E-state index contributed by atoms with van der Waals surface area (Å²) in [7, 11) is 3.43. The Morgan fingerprint density at radius 1 is 1.17 bits per heavy atom. The van der Waals surface area contributed by atoms with Crippen LogP contribution in [0.5, 0.6) is 11.5 Å². The Hall–Kier alpha value is -2.94. The molecule has 1 aliphatic heterocycles. The minimum absolute atomic E-state index is 0.0659. The molecule has 9 heteroatoms. The van der Waals surface area contributed by atoms with Crippen LogP contribution in [0.2, 0.25) is 0 Å². The first-order chi connectivity index (χ1) is 14.0. The Labute approximate surface area is 168 Å². The van der Waals surface area contributed by atoms with Crippen LogP contribution in [-0.2, 0) is 6.54 Å². The summed E-state index contributed by atoms with van der Waals surface area (Å²) in [5, 5.41) is 2.79. The van der Waals surface area contributed by atoms with E-state index in [2.05, 4.69) is 31.9 Å². The van der Waals surface area contributed by atoms with Crippen molar-refractivity contribution in [1.29, 1.82) is 0 Å². The zero-order chi connectivity index (χ0) is 20.8. The molecule has 1 aromatic heterocycles. The molecule has 1 aliphatic rings. The molecule has 0 bridgehead atoms. The van der Waals surface area contributed by atoms with E-state index >= 15 is 0 Å². The van der Waals surface area contributed by atoms with Crippen LogP contribution in [0.1, 0.15) is 15.9 Å². The van der Waals surface area contributed by atoms with Gasteiger partial charge in [-0.2, -0.15) is 8.78 Å². The molecule has 0 atom stereocenters. The molecule has 0 aliphatic carbocycles. The third-order valence-electron chi connectivity index (χ3n) is 4.73. The molecule has 1 fully saturated rings. The summed E-state index contributed by atoms with van der Waals surface area (Å²) >= 11 is 0.